The fourth-order valence-electron chi connectivity index (χ4n) is 2.43. The normalized spacial score (nSPS) is 16.2. The first kappa shape index (κ1) is 14.4. The predicted molar refractivity (Wildman–Crippen MR) is 67.2 cm³/mol. The Morgan fingerprint density at radius 2 is 1.90 bits per heavy atom. The van der Waals surface area contributed by atoms with Crippen LogP contribution in [-0.4, -0.2) is 35.0 Å². The molecule has 1 heterocycles. The van der Waals surface area contributed by atoms with E-state index < -0.39 is 23.5 Å². The van der Waals surface area contributed by atoms with Gasteiger partial charge in [0.05, 0.1) is 5.56 Å². The van der Waals surface area contributed by atoms with Crippen LogP contribution in [0.15, 0.2) is 18.2 Å². The first-order chi connectivity index (χ1) is 9.49. The van der Waals surface area contributed by atoms with Crippen LogP contribution in [0.5, 0.6) is 0 Å². The molecule has 0 spiro atoms. The topological polar surface area (TPSA) is 57.6 Å². The minimum atomic E-state index is -1.13. The Labute approximate surface area is 115 Å². The Bertz CT molecular complexity index is 525. The Kier molecular flexibility index (Phi) is 4.32. The van der Waals surface area contributed by atoms with Gasteiger partial charge in [0.2, 0.25) is 0 Å². The summed E-state index contributed by atoms with van der Waals surface area (Å²) in [5, 5.41) is 8.71. The SMILES string of the molecule is O=C(O)CC1CCN(C(=O)c2cccc(F)c2F)CC1. The lowest BCUT2D eigenvalue weighted by atomic mass is 9.93. The van der Waals surface area contributed by atoms with Crippen molar-refractivity contribution in [1.29, 1.82) is 0 Å². The average molecular weight is 283 g/mol. The smallest absolute Gasteiger partial charge is 0.303 e. The molecule has 20 heavy (non-hydrogen) atoms. The molecule has 0 unspecified atom stereocenters. The van der Waals surface area contributed by atoms with Gasteiger partial charge in [-0.15, -0.1) is 0 Å². The first-order valence-corrected chi connectivity index (χ1v) is 6.44. The van der Waals surface area contributed by atoms with Crippen molar-refractivity contribution in [1.82, 2.24) is 4.90 Å². The van der Waals surface area contributed by atoms with Crippen molar-refractivity contribution < 1.29 is 23.5 Å². The number of carboxylic acid groups (broad SMARTS) is 1. The molecule has 1 N–H and O–H groups in total. The number of rotatable bonds is 3. The predicted octanol–water partition coefficient (Wildman–Crippen LogP) is 2.29. The lowest BCUT2D eigenvalue weighted by molar-refractivity contribution is -0.138. The third kappa shape index (κ3) is 3.12. The highest BCUT2D eigenvalue weighted by atomic mass is 19.2. The van der Waals surface area contributed by atoms with Crippen LogP contribution < -0.4 is 0 Å². The molecule has 6 heteroatoms. The summed E-state index contributed by atoms with van der Waals surface area (Å²) < 4.78 is 26.7. The summed E-state index contributed by atoms with van der Waals surface area (Å²) in [7, 11) is 0. The van der Waals surface area contributed by atoms with Gasteiger partial charge in [0.1, 0.15) is 0 Å². The first-order valence-electron chi connectivity index (χ1n) is 6.44. The van der Waals surface area contributed by atoms with Gasteiger partial charge in [0.15, 0.2) is 11.6 Å². The van der Waals surface area contributed by atoms with E-state index in [1.807, 2.05) is 0 Å². The van der Waals surface area contributed by atoms with Crippen LogP contribution in [0.25, 0.3) is 0 Å². The van der Waals surface area contributed by atoms with Crippen LogP contribution in [0.2, 0.25) is 0 Å². The third-order valence-corrected chi connectivity index (χ3v) is 3.55. The maximum Gasteiger partial charge on any atom is 0.303 e. The molecule has 0 atom stereocenters. The molecule has 0 aromatic heterocycles. The summed E-state index contributed by atoms with van der Waals surface area (Å²) in [5.41, 5.74) is -0.276. The standard InChI is InChI=1S/C14H15F2NO3/c15-11-3-1-2-10(13(11)16)14(20)17-6-4-9(5-7-17)8-12(18)19/h1-3,9H,4-8H2,(H,18,19). The molecule has 0 aliphatic carbocycles. The van der Waals surface area contributed by atoms with Gasteiger partial charge in [-0.2, -0.15) is 0 Å². The van der Waals surface area contributed by atoms with E-state index in [0.717, 1.165) is 6.07 Å². The van der Waals surface area contributed by atoms with E-state index in [9.17, 15) is 18.4 Å². The highest BCUT2D eigenvalue weighted by Crippen LogP contribution is 2.23. The number of aliphatic carboxylic acids is 1. The molecule has 4 nitrogen and oxygen atoms in total. The van der Waals surface area contributed by atoms with Crippen LogP contribution in [0.4, 0.5) is 8.78 Å². The Balaban J connectivity index is 2.02. The molecule has 2 rings (SSSR count). The summed E-state index contributed by atoms with van der Waals surface area (Å²) in [6.07, 6.45) is 1.21. The number of benzene rings is 1. The molecule has 0 radical (unpaired) electrons. The molecule has 1 aromatic carbocycles. The fraction of sp³-hybridized carbons (Fsp3) is 0.429. The number of carbonyl (C=O) groups is 2. The Morgan fingerprint density at radius 1 is 1.25 bits per heavy atom. The minimum absolute atomic E-state index is 0.0360. The van der Waals surface area contributed by atoms with E-state index in [1.165, 1.54) is 17.0 Å². The summed E-state index contributed by atoms with van der Waals surface area (Å²) >= 11 is 0. The van der Waals surface area contributed by atoms with Crippen LogP contribution in [0.1, 0.15) is 29.6 Å². The summed E-state index contributed by atoms with van der Waals surface area (Å²) in [6, 6.07) is 3.51. The summed E-state index contributed by atoms with van der Waals surface area (Å²) in [4.78, 5) is 24.2. The zero-order valence-corrected chi connectivity index (χ0v) is 10.8. The highest BCUT2D eigenvalue weighted by molar-refractivity contribution is 5.94. The number of halogens is 2. The van der Waals surface area contributed by atoms with E-state index >= 15 is 0 Å². The zero-order valence-electron chi connectivity index (χ0n) is 10.8. The number of amides is 1. The minimum Gasteiger partial charge on any atom is -0.481 e. The van der Waals surface area contributed by atoms with Crippen LogP contribution >= 0.6 is 0 Å². The molecular formula is C14H15F2NO3. The fourth-order valence-corrected chi connectivity index (χ4v) is 2.43. The summed E-state index contributed by atoms with van der Waals surface area (Å²) in [5.74, 6) is -3.54. The van der Waals surface area contributed by atoms with Crippen molar-refractivity contribution in [3.8, 4) is 0 Å². The van der Waals surface area contributed by atoms with Crippen LogP contribution in [0, 0.1) is 17.6 Å². The number of hydrogen-bond donors (Lipinski definition) is 1. The van der Waals surface area contributed by atoms with Gasteiger partial charge in [0, 0.05) is 19.5 Å². The lowest BCUT2D eigenvalue weighted by Gasteiger charge is -2.31. The Hall–Kier alpha value is -1.98. The van der Waals surface area contributed by atoms with Crippen molar-refractivity contribution in [2.45, 2.75) is 19.3 Å². The second-order valence-electron chi connectivity index (χ2n) is 4.93. The van der Waals surface area contributed by atoms with Gasteiger partial charge in [0.25, 0.3) is 5.91 Å². The maximum atomic E-state index is 13.6. The monoisotopic (exact) mass is 283 g/mol. The molecular weight excluding hydrogens is 268 g/mol. The number of hydrogen-bond acceptors (Lipinski definition) is 2. The van der Waals surface area contributed by atoms with E-state index in [1.54, 1.807) is 0 Å². The molecule has 1 saturated heterocycles. The van der Waals surface area contributed by atoms with Gasteiger partial charge in [-0.05, 0) is 30.9 Å². The third-order valence-electron chi connectivity index (χ3n) is 3.55. The van der Waals surface area contributed by atoms with Gasteiger partial charge < -0.3 is 10.0 Å². The van der Waals surface area contributed by atoms with Crippen molar-refractivity contribution in [3.05, 3.63) is 35.4 Å². The second kappa shape index (κ2) is 5.98. The van der Waals surface area contributed by atoms with Crippen LogP contribution in [0.3, 0.4) is 0 Å². The summed E-state index contributed by atoms with van der Waals surface area (Å²) in [6.45, 7) is 0.736. The number of carbonyl (C=O) groups excluding carboxylic acids is 1. The Morgan fingerprint density at radius 3 is 2.50 bits per heavy atom. The molecule has 1 aliphatic heterocycles. The molecule has 108 valence electrons. The van der Waals surface area contributed by atoms with Crippen molar-refractivity contribution in [3.63, 3.8) is 0 Å². The van der Waals surface area contributed by atoms with Crippen molar-refractivity contribution in [2.75, 3.05) is 13.1 Å². The van der Waals surface area contributed by atoms with Gasteiger partial charge in [-0.1, -0.05) is 6.07 Å². The maximum absolute atomic E-state index is 13.6. The molecule has 1 aromatic rings. The van der Waals surface area contributed by atoms with E-state index in [-0.39, 0.29) is 17.9 Å². The van der Waals surface area contributed by atoms with Crippen LogP contribution in [-0.2, 0) is 4.79 Å². The molecule has 1 amide bonds. The van der Waals surface area contributed by atoms with Crippen molar-refractivity contribution >= 4 is 11.9 Å². The lowest BCUT2D eigenvalue weighted by Crippen LogP contribution is -2.39. The van der Waals surface area contributed by atoms with E-state index in [4.69, 9.17) is 5.11 Å². The van der Waals surface area contributed by atoms with Gasteiger partial charge in [-0.3, -0.25) is 9.59 Å². The zero-order chi connectivity index (χ0) is 14.7. The highest BCUT2D eigenvalue weighted by Gasteiger charge is 2.27. The largest absolute Gasteiger partial charge is 0.481 e. The molecule has 0 saturated carbocycles. The molecule has 0 bridgehead atoms. The number of piperidine rings is 1. The second-order valence-corrected chi connectivity index (χ2v) is 4.93. The van der Waals surface area contributed by atoms with E-state index in [2.05, 4.69) is 0 Å². The number of likely N-dealkylation sites (tertiary alicyclic amines) is 1. The van der Waals surface area contributed by atoms with Gasteiger partial charge in [-0.25, -0.2) is 8.78 Å². The van der Waals surface area contributed by atoms with Crippen molar-refractivity contribution in [2.24, 2.45) is 5.92 Å². The molecule has 1 fully saturated rings. The number of carboxylic acids is 1. The van der Waals surface area contributed by atoms with E-state index in [0.29, 0.717) is 25.9 Å². The number of nitrogens with zero attached hydrogens (tertiary/aromatic N) is 1. The average Bonchev–Trinajstić information content (AvgIpc) is 2.41. The quantitative estimate of drug-likeness (QED) is 0.926. The van der Waals surface area contributed by atoms with Gasteiger partial charge >= 0.3 is 5.97 Å². The molecule has 1 aliphatic rings.